The van der Waals surface area contributed by atoms with E-state index in [1.807, 2.05) is 0 Å². The average molecular weight is 708 g/mol. The van der Waals surface area contributed by atoms with Crippen LogP contribution in [0.4, 0.5) is 17.6 Å². The van der Waals surface area contributed by atoms with Crippen molar-refractivity contribution in [3.63, 3.8) is 0 Å². The fourth-order valence-electron chi connectivity index (χ4n) is 6.40. The number of likely N-dealkylation sites (N-methyl/N-ethyl adjacent to an activating group) is 1. The van der Waals surface area contributed by atoms with E-state index >= 15 is 0 Å². The van der Waals surface area contributed by atoms with E-state index in [1.54, 1.807) is 30.3 Å². The van der Waals surface area contributed by atoms with Gasteiger partial charge in [-0.15, -0.1) is 0 Å². The number of benzene rings is 2. The highest BCUT2D eigenvalue weighted by Gasteiger charge is 2.46. The molecule has 1 spiro atoms. The first-order valence-corrected chi connectivity index (χ1v) is 17.8. The van der Waals surface area contributed by atoms with E-state index in [1.165, 1.54) is 19.3 Å². The standard InChI is InChI=1S/C20H18F4N2O3.C18H35NO2/c21-14-8-9-15(29-20(23)24)17(18(14)22)19(26-28-11-13-6-7-13)25-16(27)10-12-4-2-1-3-5-12;1-6-12-19(7-2)13-16-14-20-18(21-16)10-8-15(9-11-18)17(3,4)5/h1-5,8-9,13,20H,6-7,10-11H2,(H,25,26,27);15-16H,6-14H2,1-5H3. The van der Waals surface area contributed by atoms with E-state index in [0.29, 0.717) is 17.0 Å². The Morgan fingerprint density at radius 3 is 2.36 bits per heavy atom. The average Bonchev–Trinajstić information content (AvgIpc) is 3.82. The maximum Gasteiger partial charge on any atom is 0.387 e. The molecule has 2 saturated carbocycles. The summed E-state index contributed by atoms with van der Waals surface area (Å²) < 4.78 is 70.4. The number of carbonyl (C=O) groups is 1. The van der Waals surface area contributed by atoms with Crippen LogP contribution in [0.3, 0.4) is 0 Å². The second-order valence-electron chi connectivity index (χ2n) is 14.5. The molecular weight excluding hydrogens is 654 g/mol. The SMILES string of the molecule is CCCN(CC)CC1COC2(CCC(C(C)(C)C)CC2)O1.O=C(Cc1ccccc1)N/C(=N\OCC1CC1)c1c(OC(F)F)ccc(F)c1F. The molecule has 1 N–H and O–H groups in total. The van der Waals surface area contributed by atoms with Crippen LogP contribution in [0, 0.1) is 28.9 Å². The zero-order valence-corrected chi connectivity index (χ0v) is 30.0. The summed E-state index contributed by atoms with van der Waals surface area (Å²) in [5.74, 6) is -3.79. The molecule has 3 fully saturated rings. The molecule has 1 amide bonds. The van der Waals surface area contributed by atoms with Gasteiger partial charge in [-0.1, -0.05) is 70.1 Å². The van der Waals surface area contributed by atoms with Gasteiger partial charge in [-0.2, -0.15) is 8.78 Å². The van der Waals surface area contributed by atoms with E-state index < -0.39 is 41.3 Å². The number of nitrogens with one attached hydrogen (secondary N) is 1. The van der Waals surface area contributed by atoms with Crippen molar-refractivity contribution in [1.29, 1.82) is 0 Å². The largest absolute Gasteiger partial charge is 0.434 e. The van der Waals surface area contributed by atoms with Crippen molar-refractivity contribution >= 4 is 11.7 Å². The molecular formula is C38H53F4N3O5. The van der Waals surface area contributed by atoms with Gasteiger partial charge in [-0.05, 0) is 80.1 Å². The molecule has 278 valence electrons. The molecule has 5 rings (SSSR count). The molecule has 1 unspecified atom stereocenters. The molecule has 3 aliphatic rings. The first-order chi connectivity index (χ1) is 23.8. The van der Waals surface area contributed by atoms with Crippen LogP contribution in [0.2, 0.25) is 0 Å². The summed E-state index contributed by atoms with van der Waals surface area (Å²) in [6.45, 7) is 12.5. The summed E-state index contributed by atoms with van der Waals surface area (Å²) >= 11 is 0. The molecule has 2 aromatic rings. The number of amides is 1. The molecule has 1 heterocycles. The van der Waals surface area contributed by atoms with Gasteiger partial charge in [-0.25, -0.2) is 8.78 Å². The number of amidine groups is 1. The molecule has 12 heteroatoms. The molecule has 2 aromatic carbocycles. The number of rotatable bonds is 13. The Morgan fingerprint density at radius 2 is 1.76 bits per heavy atom. The fourth-order valence-corrected chi connectivity index (χ4v) is 6.40. The van der Waals surface area contributed by atoms with Gasteiger partial charge in [0.25, 0.3) is 0 Å². The van der Waals surface area contributed by atoms with Crippen molar-refractivity contribution in [1.82, 2.24) is 10.2 Å². The molecule has 2 aliphatic carbocycles. The summed E-state index contributed by atoms with van der Waals surface area (Å²) in [4.78, 5) is 20.0. The van der Waals surface area contributed by atoms with Gasteiger partial charge in [0.15, 0.2) is 23.3 Å². The van der Waals surface area contributed by atoms with Crippen LogP contribution >= 0.6 is 0 Å². The third-order valence-electron chi connectivity index (χ3n) is 9.47. The molecule has 50 heavy (non-hydrogen) atoms. The highest BCUT2D eigenvalue weighted by Crippen LogP contribution is 2.45. The van der Waals surface area contributed by atoms with Crippen LogP contribution in [0.1, 0.15) is 90.7 Å². The Labute approximate surface area is 293 Å². The molecule has 0 radical (unpaired) electrons. The van der Waals surface area contributed by atoms with Crippen molar-refractivity contribution in [2.24, 2.45) is 22.4 Å². The lowest BCUT2D eigenvalue weighted by atomic mass is 9.71. The van der Waals surface area contributed by atoms with Crippen molar-refractivity contribution in [3.8, 4) is 5.75 Å². The van der Waals surface area contributed by atoms with Crippen LogP contribution < -0.4 is 10.1 Å². The fraction of sp³-hybridized carbons (Fsp3) is 0.632. The van der Waals surface area contributed by atoms with Gasteiger partial charge in [0.2, 0.25) is 5.91 Å². The van der Waals surface area contributed by atoms with Gasteiger partial charge < -0.3 is 29.3 Å². The van der Waals surface area contributed by atoms with Crippen LogP contribution in [0.15, 0.2) is 47.6 Å². The maximum absolute atomic E-state index is 14.5. The second kappa shape index (κ2) is 18.3. The Bertz CT molecular complexity index is 1390. The zero-order valence-electron chi connectivity index (χ0n) is 30.0. The monoisotopic (exact) mass is 707 g/mol. The Morgan fingerprint density at radius 1 is 1.06 bits per heavy atom. The van der Waals surface area contributed by atoms with E-state index in [2.05, 4.69) is 54.7 Å². The molecule has 0 bridgehead atoms. The summed E-state index contributed by atoms with van der Waals surface area (Å²) in [7, 11) is 0. The van der Waals surface area contributed by atoms with E-state index in [-0.39, 0.29) is 30.8 Å². The Kier molecular flexibility index (Phi) is 14.5. The number of hydrogen-bond acceptors (Lipinski definition) is 7. The lowest BCUT2D eigenvalue weighted by Crippen LogP contribution is -2.40. The third-order valence-corrected chi connectivity index (χ3v) is 9.47. The molecule has 1 aliphatic heterocycles. The zero-order chi connectivity index (χ0) is 36.3. The highest BCUT2D eigenvalue weighted by atomic mass is 19.3. The van der Waals surface area contributed by atoms with Crippen LogP contribution in [-0.4, -0.2) is 68.0 Å². The Hall–Kier alpha value is -3.22. The predicted octanol–water partition coefficient (Wildman–Crippen LogP) is 8.08. The van der Waals surface area contributed by atoms with Crippen molar-refractivity contribution in [2.75, 3.05) is 32.8 Å². The predicted molar refractivity (Wildman–Crippen MR) is 184 cm³/mol. The van der Waals surface area contributed by atoms with Gasteiger partial charge in [0, 0.05) is 19.4 Å². The van der Waals surface area contributed by atoms with Crippen molar-refractivity contribution in [3.05, 3.63) is 65.2 Å². The quantitative estimate of drug-likeness (QED) is 0.0982. The highest BCUT2D eigenvalue weighted by molar-refractivity contribution is 6.09. The molecule has 0 aromatic heterocycles. The minimum absolute atomic E-state index is 0.0928. The van der Waals surface area contributed by atoms with Crippen LogP contribution in [0.25, 0.3) is 0 Å². The van der Waals surface area contributed by atoms with E-state index in [4.69, 9.17) is 14.3 Å². The molecule has 8 nitrogen and oxygen atoms in total. The summed E-state index contributed by atoms with van der Waals surface area (Å²) in [5.41, 5.74) is 0.328. The number of nitrogens with zero attached hydrogens (tertiary/aromatic N) is 2. The van der Waals surface area contributed by atoms with Gasteiger partial charge in [0.1, 0.15) is 17.9 Å². The number of oxime groups is 1. The van der Waals surface area contributed by atoms with Crippen LogP contribution in [0.5, 0.6) is 5.75 Å². The molecule has 1 atom stereocenters. The van der Waals surface area contributed by atoms with Gasteiger partial charge in [-0.3, -0.25) is 4.79 Å². The lowest BCUT2D eigenvalue weighted by molar-refractivity contribution is -0.197. The normalized spacial score (nSPS) is 22.4. The Balaban J connectivity index is 0.000000237. The summed E-state index contributed by atoms with van der Waals surface area (Å²) in [5, 5.41) is 5.99. The van der Waals surface area contributed by atoms with E-state index in [9.17, 15) is 22.4 Å². The van der Waals surface area contributed by atoms with Gasteiger partial charge in [0.05, 0.1) is 19.1 Å². The number of ether oxygens (including phenoxy) is 3. The second-order valence-corrected chi connectivity index (χ2v) is 14.5. The number of hydrogen-bond donors (Lipinski definition) is 1. The first-order valence-electron chi connectivity index (χ1n) is 17.8. The molecule has 1 saturated heterocycles. The van der Waals surface area contributed by atoms with Gasteiger partial charge >= 0.3 is 6.61 Å². The summed E-state index contributed by atoms with van der Waals surface area (Å²) in [6, 6.07) is 10.1. The number of carbonyl (C=O) groups excluding carboxylic acids is 1. The number of alkyl halides is 2. The topological polar surface area (TPSA) is 81.6 Å². The van der Waals surface area contributed by atoms with Crippen molar-refractivity contribution in [2.45, 2.75) is 104 Å². The van der Waals surface area contributed by atoms with E-state index in [0.717, 1.165) is 63.9 Å². The lowest BCUT2D eigenvalue weighted by Gasteiger charge is -2.41. The smallest absolute Gasteiger partial charge is 0.387 e. The first kappa shape index (κ1) is 39.6. The third kappa shape index (κ3) is 11.9. The maximum atomic E-state index is 14.5. The minimum Gasteiger partial charge on any atom is -0.434 e. The minimum atomic E-state index is -3.28. The van der Waals surface area contributed by atoms with Crippen molar-refractivity contribution < 1.29 is 41.4 Å². The number of halogens is 4. The van der Waals surface area contributed by atoms with Crippen LogP contribution in [-0.2, 0) is 25.5 Å². The summed E-state index contributed by atoms with van der Waals surface area (Å²) in [6.07, 6.45) is 7.90.